The largest absolute Gasteiger partial charge is 0.493 e. The number of hydrogen-bond donors (Lipinski definition) is 1. The van der Waals surface area contributed by atoms with E-state index >= 15 is 0 Å². The van der Waals surface area contributed by atoms with Crippen LogP contribution < -0.4 is 9.47 Å². The summed E-state index contributed by atoms with van der Waals surface area (Å²) in [4.78, 5) is 0. The van der Waals surface area contributed by atoms with Crippen LogP contribution in [0.4, 0.5) is 0 Å². The summed E-state index contributed by atoms with van der Waals surface area (Å²) in [5.41, 5.74) is 2.56. The lowest BCUT2D eigenvalue weighted by atomic mass is 10.2. The molecule has 0 fully saturated rings. The molecule has 1 N–H and O–H groups in total. The number of nitrogens with zero attached hydrogens (tertiary/aromatic N) is 3. The van der Waals surface area contributed by atoms with Crippen LogP contribution in [0.25, 0.3) is 11.4 Å². The zero-order valence-corrected chi connectivity index (χ0v) is 21.2. The maximum atomic E-state index is 6.09. The van der Waals surface area contributed by atoms with Crippen molar-refractivity contribution >= 4 is 57.6 Å². The van der Waals surface area contributed by atoms with Gasteiger partial charge in [0.2, 0.25) is 4.77 Å². The average Bonchev–Trinajstić information content (AvgIpc) is 3.19. The highest BCUT2D eigenvalue weighted by molar-refractivity contribution is 9.10. The molecule has 0 spiro atoms. The first-order chi connectivity index (χ1) is 16.0. The van der Waals surface area contributed by atoms with Crippen LogP contribution in [0.3, 0.4) is 0 Å². The van der Waals surface area contributed by atoms with Gasteiger partial charge in [-0.15, -0.1) is 0 Å². The molecule has 4 aromatic rings. The lowest BCUT2D eigenvalue weighted by Crippen LogP contribution is -2.00. The Balaban J connectivity index is 1.59. The van der Waals surface area contributed by atoms with Crippen molar-refractivity contribution in [3.63, 3.8) is 0 Å². The fourth-order valence-corrected chi connectivity index (χ4v) is 4.11. The SMILES string of the molecule is COc1cc(/C=N\n2c(-c3ccccc3)n[nH]c2=S)cc(Br)c1OCc1ccc(Cl)c(Cl)c1. The van der Waals surface area contributed by atoms with Crippen LogP contribution in [-0.2, 0) is 6.61 Å². The first kappa shape index (κ1) is 23.5. The highest BCUT2D eigenvalue weighted by atomic mass is 79.9. The standard InChI is InChI=1S/C23H17BrCl2N4O2S/c1-31-20-11-15(9-17(24)21(20)32-13-14-7-8-18(25)19(26)10-14)12-27-30-22(28-29-23(30)33)16-5-3-2-4-6-16/h2-12H,13H2,1H3,(H,29,33)/b27-12-. The predicted octanol–water partition coefficient (Wildman–Crippen LogP) is 7.15. The minimum absolute atomic E-state index is 0.296. The minimum atomic E-state index is 0.296. The number of methoxy groups -OCH3 is 1. The normalized spacial score (nSPS) is 11.2. The number of benzene rings is 3. The summed E-state index contributed by atoms with van der Waals surface area (Å²) < 4.78 is 14.2. The van der Waals surface area contributed by atoms with Gasteiger partial charge in [-0.3, -0.25) is 0 Å². The number of ether oxygens (including phenoxy) is 2. The van der Waals surface area contributed by atoms with Crippen LogP contribution in [0.5, 0.6) is 11.5 Å². The molecule has 6 nitrogen and oxygen atoms in total. The summed E-state index contributed by atoms with van der Waals surface area (Å²) in [7, 11) is 1.58. The van der Waals surface area contributed by atoms with E-state index in [4.69, 9.17) is 44.9 Å². The molecular weight excluding hydrogens is 547 g/mol. The van der Waals surface area contributed by atoms with Crippen LogP contribution in [0, 0.1) is 4.77 Å². The number of aromatic amines is 1. The molecule has 1 aromatic heterocycles. The van der Waals surface area contributed by atoms with Crippen LogP contribution in [0.2, 0.25) is 10.0 Å². The van der Waals surface area contributed by atoms with Crippen molar-refractivity contribution in [1.29, 1.82) is 0 Å². The molecule has 10 heteroatoms. The second-order valence-corrected chi connectivity index (χ2v) is 8.90. The zero-order chi connectivity index (χ0) is 23.4. The van der Waals surface area contributed by atoms with Gasteiger partial charge in [0.25, 0.3) is 0 Å². The summed E-state index contributed by atoms with van der Waals surface area (Å²) >= 11 is 21.0. The monoisotopic (exact) mass is 562 g/mol. The van der Waals surface area contributed by atoms with Crippen molar-refractivity contribution in [2.45, 2.75) is 6.61 Å². The predicted molar refractivity (Wildman–Crippen MR) is 137 cm³/mol. The molecule has 0 saturated carbocycles. The molecule has 0 radical (unpaired) electrons. The van der Waals surface area contributed by atoms with Gasteiger partial charge in [-0.1, -0.05) is 59.6 Å². The van der Waals surface area contributed by atoms with Crippen molar-refractivity contribution < 1.29 is 9.47 Å². The lowest BCUT2D eigenvalue weighted by molar-refractivity contribution is 0.282. The second kappa shape index (κ2) is 10.5. The number of halogens is 3. The highest BCUT2D eigenvalue weighted by Gasteiger charge is 2.13. The third kappa shape index (κ3) is 5.47. The number of aromatic nitrogens is 3. The molecule has 33 heavy (non-hydrogen) atoms. The van der Waals surface area contributed by atoms with E-state index in [0.29, 0.717) is 43.2 Å². The molecule has 0 aliphatic rings. The third-order valence-electron chi connectivity index (χ3n) is 4.62. The summed E-state index contributed by atoms with van der Waals surface area (Å²) in [6, 6.07) is 18.7. The number of H-pyrrole nitrogens is 1. The van der Waals surface area contributed by atoms with E-state index in [0.717, 1.165) is 16.7 Å². The van der Waals surface area contributed by atoms with Gasteiger partial charge in [-0.05, 0) is 63.5 Å². The Bertz CT molecular complexity index is 1370. The van der Waals surface area contributed by atoms with E-state index in [9.17, 15) is 0 Å². The Morgan fingerprint density at radius 3 is 2.64 bits per heavy atom. The summed E-state index contributed by atoms with van der Waals surface area (Å²) in [6.45, 7) is 0.296. The minimum Gasteiger partial charge on any atom is -0.493 e. The van der Waals surface area contributed by atoms with Gasteiger partial charge >= 0.3 is 0 Å². The Labute approximate surface area is 213 Å². The molecule has 168 valence electrons. The first-order valence-electron chi connectivity index (χ1n) is 9.67. The van der Waals surface area contributed by atoms with E-state index in [1.54, 1.807) is 30.1 Å². The van der Waals surface area contributed by atoms with Gasteiger partial charge in [0, 0.05) is 5.56 Å². The van der Waals surface area contributed by atoms with Crippen molar-refractivity contribution in [3.05, 3.63) is 91.1 Å². The van der Waals surface area contributed by atoms with Gasteiger partial charge in [0.1, 0.15) is 6.61 Å². The van der Waals surface area contributed by atoms with Crippen molar-refractivity contribution in [3.8, 4) is 22.9 Å². The molecule has 0 saturated heterocycles. The maximum Gasteiger partial charge on any atom is 0.216 e. The van der Waals surface area contributed by atoms with Gasteiger partial charge < -0.3 is 9.47 Å². The molecular formula is C23H17BrCl2N4O2S. The Hall–Kier alpha value is -2.65. The fourth-order valence-electron chi connectivity index (χ4n) is 3.04. The van der Waals surface area contributed by atoms with Gasteiger partial charge in [-0.2, -0.15) is 14.9 Å². The van der Waals surface area contributed by atoms with Gasteiger partial charge in [0.05, 0.1) is 27.8 Å². The van der Waals surface area contributed by atoms with E-state index in [-0.39, 0.29) is 0 Å². The maximum absolute atomic E-state index is 6.09. The molecule has 0 aliphatic heterocycles. The summed E-state index contributed by atoms with van der Waals surface area (Å²) in [5.74, 6) is 1.72. The van der Waals surface area contributed by atoms with Crippen molar-refractivity contribution in [2.75, 3.05) is 7.11 Å². The zero-order valence-electron chi connectivity index (χ0n) is 17.3. The van der Waals surface area contributed by atoms with E-state index < -0.39 is 0 Å². The fraction of sp³-hybridized carbons (Fsp3) is 0.0870. The second-order valence-electron chi connectivity index (χ2n) is 6.85. The van der Waals surface area contributed by atoms with Gasteiger partial charge in [0.15, 0.2) is 17.3 Å². The van der Waals surface area contributed by atoms with Crippen LogP contribution >= 0.6 is 51.3 Å². The third-order valence-corrected chi connectivity index (χ3v) is 6.22. The van der Waals surface area contributed by atoms with Crippen LogP contribution in [-0.4, -0.2) is 28.2 Å². The molecule has 4 rings (SSSR count). The molecule has 1 heterocycles. The average molecular weight is 564 g/mol. The topological polar surface area (TPSA) is 64.4 Å². The smallest absolute Gasteiger partial charge is 0.216 e. The van der Waals surface area contributed by atoms with Crippen LogP contribution in [0.1, 0.15) is 11.1 Å². The molecule has 0 unspecified atom stereocenters. The molecule has 0 bridgehead atoms. The number of nitrogens with one attached hydrogen (secondary N) is 1. The Morgan fingerprint density at radius 2 is 1.91 bits per heavy atom. The Kier molecular flexibility index (Phi) is 7.49. The van der Waals surface area contributed by atoms with E-state index in [2.05, 4.69) is 31.2 Å². The number of hydrogen-bond acceptors (Lipinski definition) is 5. The highest BCUT2D eigenvalue weighted by Crippen LogP contribution is 2.37. The van der Waals surface area contributed by atoms with E-state index in [1.165, 1.54) is 0 Å². The number of rotatable bonds is 7. The van der Waals surface area contributed by atoms with Crippen LogP contribution in [0.15, 0.2) is 70.2 Å². The van der Waals surface area contributed by atoms with Crippen molar-refractivity contribution in [1.82, 2.24) is 14.9 Å². The summed E-state index contributed by atoms with van der Waals surface area (Å²) in [5, 5.41) is 12.6. The van der Waals surface area contributed by atoms with E-state index in [1.807, 2.05) is 48.5 Å². The Morgan fingerprint density at radius 1 is 1.12 bits per heavy atom. The molecule has 0 aliphatic carbocycles. The molecule has 3 aromatic carbocycles. The quantitative estimate of drug-likeness (QED) is 0.191. The molecule has 0 atom stereocenters. The molecule has 0 amide bonds. The van der Waals surface area contributed by atoms with Crippen molar-refractivity contribution in [2.24, 2.45) is 5.10 Å². The van der Waals surface area contributed by atoms with Gasteiger partial charge in [-0.25, -0.2) is 5.10 Å². The first-order valence-corrected chi connectivity index (χ1v) is 11.6. The summed E-state index contributed by atoms with van der Waals surface area (Å²) in [6.07, 6.45) is 1.67. The lowest BCUT2D eigenvalue weighted by Gasteiger charge is -2.14.